The van der Waals surface area contributed by atoms with Crippen molar-refractivity contribution in [3.8, 4) is 11.5 Å². The molecule has 112 valence electrons. The van der Waals surface area contributed by atoms with Crippen LogP contribution < -0.4 is 15.1 Å². The Morgan fingerprint density at radius 2 is 1.73 bits per heavy atom. The summed E-state index contributed by atoms with van der Waals surface area (Å²) in [7, 11) is 3.00. The van der Waals surface area contributed by atoms with Crippen LogP contribution in [0.5, 0.6) is 11.5 Å². The third kappa shape index (κ3) is 1.94. The van der Waals surface area contributed by atoms with Crippen molar-refractivity contribution in [2.24, 2.45) is 0 Å². The average molecular weight is 298 g/mol. The minimum absolute atomic E-state index is 0.217. The second kappa shape index (κ2) is 5.18. The molecule has 1 heterocycles. The quantitative estimate of drug-likeness (QED) is 0.422. The zero-order valence-electron chi connectivity index (χ0n) is 12.4. The van der Waals surface area contributed by atoms with E-state index in [-0.39, 0.29) is 16.9 Å². The summed E-state index contributed by atoms with van der Waals surface area (Å²) in [6, 6.07) is 8.60. The van der Waals surface area contributed by atoms with Gasteiger partial charge in [-0.1, -0.05) is 6.07 Å². The summed E-state index contributed by atoms with van der Waals surface area (Å²) in [5.74, 6) is 0.687. The molecular weight excluding hydrogens is 284 g/mol. The van der Waals surface area contributed by atoms with Crippen LogP contribution in [0.1, 0.15) is 17.3 Å². The highest BCUT2D eigenvalue weighted by atomic mass is 16.5. The van der Waals surface area contributed by atoms with Gasteiger partial charge in [-0.05, 0) is 31.2 Å². The summed E-state index contributed by atoms with van der Waals surface area (Å²) in [6.45, 7) is 1.41. The van der Waals surface area contributed by atoms with Crippen molar-refractivity contribution in [2.75, 3.05) is 14.2 Å². The van der Waals surface area contributed by atoms with Gasteiger partial charge >= 0.3 is 5.63 Å². The van der Waals surface area contributed by atoms with Crippen molar-refractivity contribution >= 4 is 27.5 Å². The number of hydrogen-bond acceptors (Lipinski definition) is 5. The normalized spacial score (nSPS) is 10.9. The summed E-state index contributed by atoms with van der Waals surface area (Å²) < 4.78 is 16.0. The van der Waals surface area contributed by atoms with Gasteiger partial charge in [0.05, 0.1) is 19.6 Å². The van der Waals surface area contributed by atoms with Crippen LogP contribution >= 0.6 is 0 Å². The number of carbonyl (C=O) groups is 1. The van der Waals surface area contributed by atoms with Crippen LogP contribution in [0.4, 0.5) is 0 Å². The SMILES string of the molecule is COc1ccc2c(oc(=O)c3cccc(OC)c32)c1C(C)=O. The van der Waals surface area contributed by atoms with E-state index in [9.17, 15) is 9.59 Å². The van der Waals surface area contributed by atoms with Gasteiger partial charge in [0.15, 0.2) is 11.4 Å². The smallest absolute Gasteiger partial charge is 0.344 e. The van der Waals surface area contributed by atoms with Crippen molar-refractivity contribution in [2.45, 2.75) is 6.92 Å². The minimum Gasteiger partial charge on any atom is -0.496 e. The molecule has 22 heavy (non-hydrogen) atoms. The molecular formula is C17H14O5. The Morgan fingerprint density at radius 3 is 2.36 bits per heavy atom. The lowest BCUT2D eigenvalue weighted by molar-refractivity contribution is 0.101. The van der Waals surface area contributed by atoms with E-state index in [2.05, 4.69) is 0 Å². The van der Waals surface area contributed by atoms with E-state index in [0.29, 0.717) is 27.7 Å². The van der Waals surface area contributed by atoms with Crippen molar-refractivity contribution in [1.82, 2.24) is 0 Å². The number of methoxy groups -OCH3 is 2. The zero-order chi connectivity index (χ0) is 15.9. The Bertz CT molecular complexity index is 953. The van der Waals surface area contributed by atoms with Crippen molar-refractivity contribution in [1.29, 1.82) is 0 Å². The Kier molecular flexibility index (Phi) is 3.33. The highest BCUT2D eigenvalue weighted by Crippen LogP contribution is 2.35. The summed E-state index contributed by atoms with van der Waals surface area (Å²) >= 11 is 0. The van der Waals surface area contributed by atoms with Crippen molar-refractivity contribution < 1.29 is 18.7 Å². The molecule has 0 fully saturated rings. The molecule has 5 heteroatoms. The standard InChI is InChI=1S/C17H14O5/c1-9(18)14-13(21-3)8-7-10-15-11(17(19)22-16(10)14)5-4-6-12(15)20-2/h4-8H,1-3H3. The van der Waals surface area contributed by atoms with E-state index in [1.165, 1.54) is 21.1 Å². The minimum atomic E-state index is -0.517. The van der Waals surface area contributed by atoms with Gasteiger partial charge in [-0.3, -0.25) is 4.79 Å². The van der Waals surface area contributed by atoms with E-state index in [0.717, 1.165) is 0 Å². The van der Waals surface area contributed by atoms with Crippen LogP contribution in [0, 0.1) is 0 Å². The van der Waals surface area contributed by atoms with Gasteiger partial charge in [0, 0.05) is 10.8 Å². The second-order valence-electron chi connectivity index (χ2n) is 4.85. The first-order chi connectivity index (χ1) is 10.6. The van der Waals surface area contributed by atoms with Crippen LogP contribution in [0.25, 0.3) is 21.7 Å². The highest BCUT2D eigenvalue weighted by Gasteiger charge is 2.19. The fourth-order valence-electron chi connectivity index (χ4n) is 2.67. The maximum atomic E-state index is 12.3. The molecule has 0 aliphatic rings. The molecule has 0 spiro atoms. The summed E-state index contributed by atoms with van der Waals surface area (Å²) in [5.41, 5.74) is -0.0455. The van der Waals surface area contributed by atoms with Crippen LogP contribution in [0.15, 0.2) is 39.5 Å². The molecule has 3 aromatic rings. The van der Waals surface area contributed by atoms with E-state index in [1.807, 2.05) is 0 Å². The van der Waals surface area contributed by atoms with Gasteiger partial charge in [-0.15, -0.1) is 0 Å². The first-order valence-corrected chi connectivity index (χ1v) is 6.70. The zero-order valence-corrected chi connectivity index (χ0v) is 12.4. The van der Waals surface area contributed by atoms with E-state index < -0.39 is 5.63 Å². The summed E-state index contributed by atoms with van der Waals surface area (Å²) in [6.07, 6.45) is 0. The predicted molar refractivity (Wildman–Crippen MR) is 83.1 cm³/mol. The fraction of sp³-hybridized carbons (Fsp3) is 0.176. The third-order valence-corrected chi connectivity index (χ3v) is 3.62. The summed E-state index contributed by atoms with van der Waals surface area (Å²) in [4.78, 5) is 24.2. The van der Waals surface area contributed by atoms with Gasteiger partial charge in [-0.25, -0.2) is 4.79 Å². The van der Waals surface area contributed by atoms with Gasteiger partial charge < -0.3 is 13.9 Å². The van der Waals surface area contributed by atoms with E-state index >= 15 is 0 Å². The maximum absolute atomic E-state index is 12.3. The number of fused-ring (bicyclic) bond motifs is 3. The third-order valence-electron chi connectivity index (χ3n) is 3.62. The molecule has 3 rings (SSSR count). The van der Waals surface area contributed by atoms with Gasteiger partial charge in [0.2, 0.25) is 0 Å². The molecule has 0 bridgehead atoms. The molecule has 0 N–H and O–H groups in total. The Labute approximate surface area is 126 Å². The van der Waals surface area contributed by atoms with E-state index in [1.54, 1.807) is 30.3 Å². The van der Waals surface area contributed by atoms with Crippen LogP contribution in [-0.2, 0) is 0 Å². The largest absolute Gasteiger partial charge is 0.496 e. The predicted octanol–water partition coefficient (Wildman–Crippen LogP) is 3.17. The Balaban J connectivity index is 2.62. The molecule has 1 aromatic heterocycles. The number of rotatable bonds is 3. The molecule has 5 nitrogen and oxygen atoms in total. The molecule has 0 aliphatic heterocycles. The number of ketones is 1. The number of carbonyl (C=O) groups excluding carboxylic acids is 1. The molecule has 0 radical (unpaired) electrons. The average Bonchev–Trinajstić information content (AvgIpc) is 2.53. The molecule has 0 saturated heterocycles. The fourth-order valence-corrected chi connectivity index (χ4v) is 2.67. The topological polar surface area (TPSA) is 65.7 Å². The van der Waals surface area contributed by atoms with Gasteiger partial charge in [0.1, 0.15) is 17.1 Å². The lowest BCUT2D eigenvalue weighted by Gasteiger charge is -2.11. The molecule has 0 amide bonds. The first-order valence-electron chi connectivity index (χ1n) is 6.70. The Hall–Kier alpha value is -2.82. The highest BCUT2D eigenvalue weighted by molar-refractivity contribution is 6.15. The summed E-state index contributed by atoms with van der Waals surface area (Å²) in [5, 5.41) is 1.67. The van der Waals surface area contributed by atoms with Crippen LogP contribution in [-0.4, -0.2) is 20.0 Å². The molecule has 0 atom stereocenters. The van der Waals surface area contributed by atoms with Crippen LogP contribution in [0.2, 0.25) is 0 Å². The van der Waals surface area contributed by atoms with Gasteiger partial charge in [-0.2, -0.15) is 0 Å². The van der Waals surface area contributed by atoms with Crippen molar-refractivity contribution in [3.05, 3.63) is 46.3 Å². The first kappa shape index (κ1) is 14.1. The number of ether oxygens (including phenoxy) is 2. The monoisotopic (exact) mass is 298 g/mol. The molecule has 0 unspecified atom stereocenters. The molecule has 2 aromatic carbocycles. The Morgan fingerprint density at radius 1 is 1.00 bits per heavy atom. The number of hydrogen-bond donors (Lipinski definition) is 0. The van der Waals surface area contributed by atoms with Crippen molar-refractivity contribution in [3.63, 3.8) is 0 Å². The molecule has 0 aliphatic carbocycles. The second-order valence-corrected chi connectivity index (χ2v) is 4.85. The lowest BCUT2D eigenvalue weighted by atomic mass is 10.0. The number of Topliss-reactive ketones (excluding diaryl/α,β-unsaturated/α-hetero) is 1. The van der Waals surface area contributed by atoms with Gasteiger partial charge in [0.25, 0.3) is 0 Å². The number of benzene rings is 2. The maximum Gasteiger partial charge on any atom is 0.344 e. The van der Waals surface area contributed by atoms with E-state index in [4.69, 9.17) is 13.9 Å². The lowest BCUT2D eigenvalue weighted by Crippen LogP contribution is -2.05. The van der Waals surface area contributed by atoms with Crippen LogP contribution in [0.3, 0.4) is 0 Å². The molecule has 0 saturated carbocycles.